The number of carboxylic acid groups (broad SMARTS) is 1. The molecule has 1 aromatic heterocycles. The summed E-state index contributed by atoms with van der Waals surface area (Å²) in [6, 6.07) is 18.8. The quantitative estimate of drug-likeness (QED) is 0.508. The van der Waals surface area contributed by atoms with Gasteiger partial charge in [-0.2, -0.15) is 5.10 Å². The van der Waals surface area contributed by atoms with E-state index in [0.717, 1.165) is 30.5 Å². The minimum Gasteiger partial charge on any atom is -0.481 e. The molecule has 0 aliphatic rings. The van der Waals surface area contributed by atoms with Crippen molar-refractivity contribution >= 4 is 16.9 Å². The number of rotatable bonds is 10. The van der Waals surface area contributed by atoms with Crippen molar-refractivity contribution in [2.24, 2.45) is 0 Å². The SMILES string of the molecule is CC(CCc1[nH]nc2ccccc12)NC(CCC(=O)O)Cc1ccccc1. The van der Waals surface area contributed by atoms with Crippen LogP contribution in [-0.2, 0) is 17.6 Å². The first kappa shape index (κ1) is 19.1. The number of aromatic nitrogens is 2. The number of aryl methyl sites for hydroxylation is 1. The zero-order valence-corrected chi connectivity index (χ0v) is 15.7. The van der Waals surface area contributed by atoms with Crippen LogP contribution < -0.4 is 5.32 Å². The lowest BCUT2D eigenvalue weighted by Gasteiger charge is -2.23. The van der Waals surface area contributed by atoms with E-state index in [2.05, 4.69) is 40.6 Å². The summed E-state index contributed by atoms with van der Waals surface area (Å²) in [6.45, 7) is 2.16. The first-order chi connectivity index (χ1) is 13.1. The highest BCUT2D eigenvalue weighted by atomic mass is 16.4. The number of nitrogens with zero attached hydrogens (tertiary/aromatic N) is 1. The van der Waals surface area contributed by atoms with E-state index in [1.54, 1.807) is 0 Å². The summed E-state index contributed by atoms with van der Waals surface area (Å²) in [7, 11) is 0. The molecule has 0 bridgehead atoms. The number of carboxylic acids is 1. The van der Waals surface area contributed by atoms with Gasteiger partial charge in [0.15, 0.2) is 0 Å². The van der Waals surface area contributed by atoms with Crippen molar-refractivity contribution in [3.8, 4) is 0 Å². The summed E-state index contributed by atoms with van der Waals surface area (Å²) in [5, 5.41) is 21.4. The van der Waals surface area contributed by atoms with Crippen LogP contribution in [0.1, 0.15) is 37.4 Å². The van der Waals surface area contributed by atoms with Crippen LogP contribution in [0, 0.1) is 0 Å². The summed E-state index contributed by atoms with van der Waals surface area (Å²) >= 11 is 0. The molecule has 0 amide bonds. The summed E-state index contributed by atoms with van der Waals surface area (Å²) in [5.74, 6) is -0.744. The zero-order chi connectivity index (χ0) is 19.1. The zero-order valence-electron chi connectivity index (χ0n) is 15.7. The van der Waals surface area contributed by atoms with Crippen molar-refractivity contribution in [2.75, 3.05) is 0 Å². The molecule has 3 N–H and O–H groups in total. The number of nitrogens with one attached hydrogen (secondary N) is 2. The second-order valence-electron chi connectivity index (χ2n) is 7.14. The molecule has 0 fully saturated rings. The van der Waals surface area contributed by atoms with Gasteiger partial charge in [0.2, 0.25) is 0 Å². The normalized spacial score (nSPS) is 13.5. The molecule has 0 saturated carbocycles. The molecule has 3 aromatic rings. The highest BCUT2D eigenvalue weighted by molar-refractivity contribution is 5.81. The van der Waals surface area contributed by atoms with Crippen LogP contribution in [0.5, 0.6) is 0 Å². The standard InChI is InChI=1S/C22H27N3O2/c1-16(11-13-21-19-9-5-6-10-20(19)24-25-21)23-18(12-14-22(26)27)15-17-7-3-2-4-8-17/h2-10,16,18,23H,11-15H2,1H3,(H,24,25)(H,26,27). The Morgan fingerprint density at radius 1 is 1.11 bits per heavy atom. The van der Waals surface area contributed by atoms with E-state index in [4.69, 9.17) is 5.11 Å². The second-order valence-corrected chi connectivity index (χ2v) is 7.14. The third kappa shape index (κ3) is 5.66. The number of aromatic amines is 1. The topological polar surface area (TPSA) is 78.0 Å². The number of H-pyrrole nitrogens is 1. The average molecular weight is 365 g/mol. The Kier molecular flexibility index (Phi) is 6.60. The predicted molar refractivity (Wildman–Crippen MR) is 108 cm³/mol. The van der Waals surface area contributed by atoms with E-state index in [1.165, 1.54) is 10.9 Å². The highest BCUT2D eigenvalue weighted by Gasteiger charge is 2.15. The van der Waals surface area contributed by atoms with Crippen molar-refractivity contribution in [2.45, 2.75) is 51.1 Å². The van der Waals surface area contributed by atoms with Crippen LogP contribution >= 0.6 is 0 Å². The molecule has 0 spiro atoms. The maximum atomic E-state index is 11.0. The smallest absolute Gasteiger partial charge is 0.303 e. The van der Waals surface area contributed by atoms with Gasteiger partial charge in [0.05, 0.1) is 5.52 Å². The molecule has 27 heavy (non-hydrogen) atoms. The van der Waals surface area contributed by atoms with Gasteiger partial charge in [-0.3, -0.25) is 9.89 Å². The van der Waals surface area contributed by atoms with E-state index < -0.39 is 5.97 Å². The van der Waals surface area contributed by atoms with Gasteiger partial charge in [-0.1, -0.05) is 48.5 Å². The van der Waals surface area contributed by atoms with Gasteiger partial charge in [-0.25, -0.2) is 0 Å². The Morgan fingerprint density at radius 3 is 2.63 bits per heavy atom. The fourth-order valence-corrected chi connectivity index (χ4v) is 3.49. The fraction of sp³-hybridized carbons (Fsp3) is 0.364. The van der Waals surface area contributed by atoms with E-state index in [9.17, 15) is 4.79 Å². The number of hydrogen-bond acceptors (Lipinski definition) is 3. The van der Waals surface area contributed by atoms with Crippen molar-refractivity contribution in [1.82, 2.24) is 15.5 Å². The van der Waals surface area contributed by atoms with Gasteiger partial charge in [0, 0.05) is 29.6 Å². The van der Waals surface area contributed by atoms with E-state index in [0.29, 0.717) is 6.42 Å². The van der Waals surface area contributed by atoms with Gasteiger partial charge < -0.3 is 10.4 Å². The minimum absolute atomic E-state index is 0.150. The monoisotopic (exact) mass is 365 g/mol. The van der Waals surface area contributed by atoms with Crippen LogP contribution in [0.25, 0.3) is 10.9 Å². The van der Waals surface area contributed by atoms with Crippen molar-refractivity contribution in [3.63, 3.8) is 0 Å². The van der Waals surface area contributed by atoms with Crippen molar-refractivity contribution in [1.29, 1.82) is 0 Å². The van der Waals surface area contributed by atoms with Gasteiger partial charge in [-0.15, -0.1) is 0 Å². The molecule has 2 unspecified atom stereocenters. The summed E-state index contributed by atoms with van der Waals surface area (Å²) in [6.07, 6.45) is 3.52. The molecular weight excluding hydrogens is 338 g/mol. The predicted octanol–water partition coefficient (Wildman–Crippen LogP) is 3.95. The first-order valence-electron chi connectivity index (χ1n) is 9.55. The van der Waals surface area contributed by atoms with Gasteiger partial charge in [0.1, 0.15) is 0 Å². The van der Waals surface area contributed by atoms with E-state index in [-0.39, 0.29) is 18.5 Å². The van der Waals surface area contributed by atoms with Gasteiger partial charge >= 0.3 is 5.97 Å². The number of benzene rings is 2. The lowest BCUT2D eigenvalue weighted by atomic mass is 9.99. The number of hydrogen-bond donors (Lipinski definition) is 3. The summed E-state index contributed by atoms with van der Waals surface area (Å²) < 4.78 is 0. The average Bonchev–Trinajstić information content (AvgIpc) is 3.08. The van der Waals surface area contributed by atoms with Crippen LogP contribution in [0.4, 0.5) is 0 Å². The Morgan fingerprint density at radius 2 is 1.85 bits per heavy atom. The minimum atomic E-state index is -0.744. The first-order valence-corrected chi connectivity index (χ1v) is 9.55. The Balaban J connectivity index is 1.57. The maximum Gasteiger partial charge on any atom is 0.303 e. The molecule has 0 aliphatic carbocycles. The number of aliphatic carboxylic acids is 1. The summed E-state index contributed by atoms with van der Waals surface area (Å²) in [5.41, 5.74) is 3.38. The third-order valence-corrected chi connectivity index (χ3v) is 4.92. The molecule has 3 rings (SSSR count). The highest BCUT2D eigenvalue weighted by Crippen LogP contribution is 2.17. The van der Waals surface area contributed by atoms with Crippen LogP contribution in [0.15, 0.2) is 54.6 Å². The van der Waals surface area contributed by atoms with E-state index >= 15 is 0 Å². The maximum absolute atomic E-state index is 11.0. The largest absolute Gasteiger partial charge is 0.481 e. The van der Waals surface area contributed by atoms with Gasteiger partial charge in [-0.05, 0) is 44.2 Å². The Labute approximate surface area is 159 Å². The number of fused-ring (bicyclic) bond motifs is 1. The number of carbonyl (C=O) groups is 1. The molecule has 5 nitrogen and oxygen atoms in total. The molecule has 2 atom stereocenters. The Bertz CT molecular complexity index is 860. The molecular formula is C22H27N3O2. The van der Waals surface area contributed by atoms with Crippen LogP contribution in [0.2, 0.25) is 0 Å². The molecule has 0 aliphatic heterocycles. The molecule has 2 aromatic carbocycles. The third-order valence-electron chi connectivity index (χ3n) is 4.92. The Hall–Kier alpha value is -2.66. The second kappa shape index (κ2) is 9.33. The lowest BCUT2D eigenvalue weighted by molar-refractivity contribution is -0.137. The molecule has 1 heterocycles. The fourth-order valence-electron chi connectivity index (χ4n) is 3.49. The van der Waals surface area contributed by atoms with Crippen molar-refractivity contribution in [3.05, 3.63) is 65.9 Å². The van der Waals surface area contributed by atoms with Gasteiger partial charge in [0.25, 0.3) is 0 Å². The molecule has 5 heteroatoms. The molecule has 142 valence electrons. The van der Waals surface area contributed by atoms with Crippen LogP contribution in [-0.4, -0.2) is 33.4 Å². The molecule has 0 saturated heterocycles. The van der Waals surface area contributed by atoms with Crippen molar-refractivity contribution < 1.29 is 9.90 Å². The lowest BCUT2D eigenvalue weighted by Crippen LogP contribution is -2.38. The summed E-state index contributed by atoms with van der Waals surface area (Å²) in [4.78, 5) is 11.0. The molecule has 0 radical (unpaired) electrons. The number of para-hydroxylation sites is 1. The van der Waals surface area contributed by atoms with E-state index in [1.807, 2.05) is 36.4 Å². The van der Waals surface area contributed by atoms with Crippen LogP contribution in [0.3, 0.4) is 0 Å².